The Kier molecular flexibility index (Phi) is 12.6. The van der Waals surface area contributed by atoms with Crippen LogP contribution in [0, 0.1) is 0 Å². The maximum Gasteiger partial charge on any atom is 2.00 e. The number of ether oxygens (including phenoxy) is 2. The van der Waals surface area contributed by atoms with Crippen molar-refractivity contribution in [2.45, 2.75) is 25.8 Å². The summed E-state index contributed by atoms with van der Waals surface area (Å²) in [5.41, 5.74) is 0. The molecule has 16 heavy (non-hydrogen) atoms. The predicted molar refractivity (Wildman–Crippen MR) is 37.0 cm³/mol. The number of hydrogen-bond acceptors (Lipinski definition) is 7. The second-order valence-corrected chi connectivity index (χ2v) is 3.99. The SMILES string of the molecule is CC(=O)OC([O-])C1[O][Sb][O]C(C[O-])O1.[Zn+2].[Zn]. The Morgan fingerprint density at radius 2 is 2.19 bits per heavy atom. The van der Waals surface area contributed by atoms with Gasteiger partial charge in [-0.25, -0.2) is 0 Å². The van der Waals surface area contributed by atoms with Crippen LogP contribution in [0.3, 0.4) is 0 Å². The third kappa shape index (κ3) is 6.92. The molecular formula is C6H8O7SbZn2. The summed E-state index contributed by atoms with van der Waals surface area (Å²) < 4.78 is 18.8. The van der Waals surface area contributed by atoms with E-state index in [1.54, 1.807) is 0 Å². The normalized spacial score (nSPS) is 25.9. The first-order chi connectivity index (χ1) is 6.63. The number of esters is 1. The molecule has 0 N–H and O–H groups in total. The van der Waals surface area contributed by atoms with E-state index in [4.69, 9.17) is 10.8 Å². The summed E-state index contributed by atoms with van der Waals surface area (Å²) >= 11 is -1.48. The minimum atomic E-state index is -1.76. The second kappa shape index (κ2) is 10.3. The van der Waals surface area contributed by atoms with Crippen molar-refractivity contribution in [3.8, 4) is 0 Å². The van der Waals surface area contributed by atoms with Gasteiger partial charge in [0.15, 0.2) is 0 Å². The van der Waals surface area contributed by atoms with Crippen molar-refractivity contribution < 1.29 is 69.5 Å². The number of hydrogen-bond donors (Lipinski definition) is 0. The Hall–Kier alpha value is 1.33. The van der Waals surface area contributed by atoms with Crippen molar-refractivity contribution in [3.63, 3.8) is 0 Å². The van der Waals surface area contributed by atoms with Gasteiger partial charge >= 0.3 is 111 Å². The molecule has 0 aliphatic carbocycles. The molecule has 3 unspecified atom stereocenters. The summed E-state index contributed by atoms with van der Waals surface area (Å²) in [5.74, 6) is -0.717. The first kappa shape index (κ1) is 19.7. The Morgan fingerprint density at radius 3 is 2.69 bits per heavy atom. The minimum Gasteiger partial charge on any atom is 0 e. The van der Waals surface area contributed by atoms with Gasteiger partial charge in [0.1, 0.15) is 0 Å². The molecule has 1 aliphatic rings. The zero-order valence-electron chi connectivity index (χ0n) is 8.66. The van der Waals surface area contributed by atoms with E-state index in [-0.39, 0.29) is 39.0 Å². The van der Waals surface area contributed by atoms with Gasteiger partial charge in [0.2, 0.25) is 0 Å². The molecule has 0 amide bonds. The van der Waals surface area contributed by atoms with Gasteiger partial charge in [-0.3, -0.25) is 0 Å². The number of carbonyl (C=O) groups excluding carboxylic acids is 1. The van der Waals surface area contributed by atoms with Gasteiger partial charge in [0.25, 0.3) is 0 Å². The van der Waals surface area contributed by atoms with Crippen LogP contribution in [-0.2, 0) is 59.3 Å². The third-order valence-corrected chi connectivity index (χ3v) is 2.99. The van der Waals surface area contributed by atoms with Crippen LogP contribution in [0.5, 0.6) is 0 Å². The number of carbonyl (C=O) groups is 1. The standard InChI is InChI=1S/C6H8O7.Sb.2Zn/c1-3(8)12-5(10)6(11)13-4(9)2-7;;;/h4-6H,2H2,1H3;;;/q-4;+2;;+2. The number of rotatable bonds is 3. The van der Waals surface area contributed by atoms with Crippen LogP contribution in [0.15, 0.2) is 0 Å². The van der Waals surface area contributed by atoms with E-state index in [0.29, 0.717) is 0 Å². The van der Waals surface area contributed by atoms with Crippen molar-refractivity contribution in [3.05, 3.63) is 0 Å². The zero-order valence-corrected chi connectivity index (χ0v) is 17.1. The topological polar surface area (TPSA) is 100 Å². The molecule has 1 fully saturated rings. The summed E-state index contributed by atoms with van der Waals surface area (Å²) in [6, 6.07) is 0. The van der Waals surface area contributed by atoms with Crippen LogP contribution in [-0.4, -0.2) is 53.9 Å². The van der Waals surface area contributed by atoms with Gasteiger partial charge in [-0.15, -0.1) is 0 Å². The fourth-order valence-electron chi connectivity index (χ4n) is 0.717. The van der Waals surface area contributed by atoms with E-state index >= 15 is 0 Å². The first-order valence-corrected chi connectivity index (χ1v) is 5.80. The third-order valence-electron chi connectivity index (χ3n) is 1.23. The van der Waals surface area contributed by atoms with E-state index in [1.165, 1.54) is 0 Å². The zero-order chi connectivity index (χ0) is 10.6. The maximum absolute atomic E-state index is 11.1. The molecule has 0 aromatic carbocycles. The van der Waals surface area contributed by atoms with Crippen LogP contribution in [0.2, 0.25) is 0 Å². The van der Waals surface area contributed by atoms with Crippen molar-refractivity contribution in [1.29, 1.82) is 0 Å². The van der Waals surface area contributed by atoms with Crippen LogP contribution in [0.25, 0.3) is 0 Å². The Bertz CT molecular complexity index is 207. The monoisotopic (exact) mass is 441 g/mol. The molecule has 0 aromatic rings. The quantitative estimate of drug-likeness (QED) is 0.257. The molecule has 3 atom stereocenters. The minimum absolute atomic E-state index is 0. The van der Waals surface area contributed by atoms with Crippen LogP contribution >= 0.6 is 0 Å². The van der Waals surface area contributed by atoms with E-state index in [9.17, 15) is 15.0 Å². The van der Waals surface area contributed by atoms with Crippen molar-refractivity contribution >= 4 is 28.4 Å². The van der Waals surface area contributed by atoms with Gasteiger partial charge in [-0.2, -0.15) is 0 Å². The average Bonchev–Trinajstić information content (AvgIpc) is 2.17. The molecule has 83 valence electrons. The van der Waals surface area contributed by atoms with Gasteiger partial charge in [-0.1, -0.05) is 0 Å². The summed E-state index contributed by atoms with van der Waals surface area (Å²) in [6.45, 7) is 0.496. The van der Waals surface area contributed by atoms with E-state index in [2.05, 4.69) is 4.74 Å². The maximum atomic E-state index is 11.1. The fraction of sp³-hybridized carbons (Fsp3) is 0.833. The molecule has 1 saturated heterocycles. The van der Waals surface area contributed by atoms with Gasteiger partial charge in [0.05, 0.1) is 0 Å². The van der Waals surface area contributed by atoms with Gasteiger partial charge in [-0.05, 0) is 0 Å². The second-order valence-electron chi connectivity index (χ2n) is 2.36. The average molecular weight is 445 g/mol. The molecule has 1 heterocycles. The van der Waals surface area contributed by atoms with Gasteiger partial charge in [0, 0.05) is 19.5 Å². The fourth-order valence-corrected chi connectivity index (χ4v) is 2.12. The van der Waals surface area contributed by atoms with Crippen molar-refractivity contribution in [1.82, 2.24) is 0 Å². The summed E-state index contributed by atoms with van der Waals surface area (Å²) in [4.78, 5) is 10.4. The smallest absolute Gasteiger partial charge is 0 e. The van der Waals surface area contributed by atoms with E-state index < -0.39 is 53.9 Å². The predicted octanol–water partition coefficient (Wildman–Crippen LogP) is -3.16. The first-order valence-electron chi connectivity index (χ1n) is 3.72. The summed E-state index contributed by atoms with van der Waals surface area (Å²) in [6.07, 6.45) is -3.94. The van der Waals surface area contributed by atoms with E-state index in [0.717, 1.165) is 6.92 Å². The molecule has 0 aromatic heterocycles. The molecule has 1 rings (SSSR count). The molecule has 0 bridgehead atoms. The van der Waals surface area contributed by atoms with Crippen molar-refractivity contribution in [2.24, 2.45) is 0 Å². The van der Waals surface area contributed by atoms with Gasteiger partial charge < -0.3 is 0 Å². The molecule has 1 aliphatic heterocycles. The molecule has 1 radical (unpaired) electrons. The van der Waals surface area contributed by atoms with Crippen LogP contribution < -0.4 is 10.2 Å². The Balaban J connectivity index is 0. The van der Waals surface area contributed by atoms with Crippen molar-refractivity contribution in [2.75, 3.05) is 6.61 Å². The molecule has 10 heteroatoms. The van der Waals surface area contributed by atoms with Crippen LogP contribution in [0.1, 0.15) is 6.92 Å². The molecule has 0 spiro atoms. The molecule has 0 saturated carbocycles. The molecule has 7 nitrogen and oxygen atoms in total. The Labute approximate surface area is 129 Å². The largest absolute Gasteiger partial charge is 2.00 e. The summed E-state index contributed by atoms with van der Waals surface area (Å²) in [7, 11) is 0. The van der Waals surface area contributed by atoms with E-state index in [1.807, 2.05) is 0 Å². The molecular weight excluding hydrogens is 437 g/mol. The Morgan fingerprint density at radius 1 is 1.56 bits per heavy atom. The summed E-state index contributed by atoms with van der Waals surface area (Å²) in [5, 5.41) is 21.5. The van der Waals surface area contributed by atoms with Crippen LogP contribution in [0.4, 0.5) is 0 Å².